The fraction of sp³-hybridized carbons (Fsp3) is 0.429. The van der Waals surface area contributed by atoms with E-state index in [-0.39, 0.29) is 24.0 Å². The number of carbonyl (C=O) groups excluding carboxylic acids is 1. The van der Waals surface area contributed by atoms with Gasteiger partial charge in [0.1, 0.15) is 11.6 Å². The number of hydrogen-bond acceptors (Lipinski definition) is 8. The highest BCUT2D eigenvalue weighted by Gasteiger charge is 2.33. The van der Waals surface area contributed by atoms with Crippen LogP contribution in [0.5, 0.6) is 5.75 Å². The van der Waals surface area contributed by atoms with Crippen LogP contribution in [-0.4, -0.2) is 56.6 Å². The van der Waals surface area contributed by atoms with Crippen LogP contribution in [0.25, 0.3) is 21.3 Å². The lowest BCUT2D eigenvalue weighted by Crippen LogP contribution is -2.32. The molecule has 4 heterocycles. The Bertz CT molecular complexity index is 1540. The number of alkyl halides is 3. The summed E-state index contributed by atoms with van der Waals surface area (Å²) in [6, 6.07) is 7.88. The number of amides is 1. The molecular weight excluding hydrogens is 555 g/mol. The van der Waals surface area contributed by atoms with Crippen LogP contribution in [0.4, 0.5) is 24.9 Å². The quantitative estimate of drug-likeness (QED) is 0.247. The van der Waals surface area contributed by atoms with Gasteiger partial charge in [0.15, 0.2) is 0 Å². The molecule has 0 spiro atoms. The van der Waals surface area contributed by atoms with Crippen LogP contribution in [-0.2, 0) is 11.2 Å². The van der Waals surface area contributed by atoms with Gasteiger partial charge in [0.05, 0.1) is 28.5 Å². The summed E-state index contributed by atoms with van der Waals surface area (Å²) in [6.07, 6.45) is -1.41. The Morgan fingerprint density at radius 1 is 1.24 bits per heavy atom. The summed E-state index contributed by atoms with van der Waals surface area (Å²) in [5, 5.41) is 8.17. The lowest BCUT2D eigenvalue weighted by molar-refractivity contribution is -0.274. The van der Waals surface area contributed by atoms with Crippen LogP contribution in [0.3, 0.4) is 0 Å². The summed E-state index contributed by atoms with van der Waals surface area (Å²) >= 11 is 1.21. The van der Waals surface area contributed by atoms with Crippen molar-refractivity contribution in [3.05, 3.63) is 47.1 Å². The van der Waals surface area contributed by atoms with E-state index >= 15 is 0 Å². The number of piperidine rings is 1. The van der Waals surface area contributed by atoms with Gasteiger partial charge >= 0.3 is 6.36 Å². The molecule has 1 fully saturated rings. The van der Waals surface area contributed by atoms with Gasteiger partial charge in [-0.15, -0.1) is 24.5 Å². The zero-order valence-electron chi connectivity index (χ0n) is 23.0. The Kier molecular flexibility index (Phi) is 8.18. The van der Waals surface area contributed by atoms with Crippen molar-refractivity contribution >= 4 is 39.2 Å². The second-order valence-electron chi connectivity index (χ2n) is 10.3. The summed E-state index contributed by atoms with van der Waals surface area (Å²) in [7, 11) is 0. The lowest BCUT2D eigenvalue weighted by Gasteiger charge is -2.30. The second-order valence-corrected chi connectivity index (χ2v) is 11.5. The molecule has 0 bridgehead atoms. The number of primary amides is 1. The number of rotatable bonds is 9. The highest BCUT2D eigenvalue weighted by molar-refractivity contribution is 7.19. The molecule has 0 atom stereocenters. The van der Waals surface area contributed by atoms with E-state index in [9.17, 15) is 18.0 Å². The summed E-state index contributed by atoms with van der Waals surface area (Å²) in [5.41, 5.74) is 7.40. The normalized spacial score (nSPS) is 15.1. The van der Waals surface area contributed by atoms with Crippen LogP contribution in [0.15, 0.2) is 36.5 Å². The van der Waals surface area contributed by atoms with E-state index in [0.717, 1.165) is 44.0 Å². The molecule has 1 aliphatic heterocycles. The molecule has 1 amide bonds. The molecule has 0 aliphatic carbocycles. The molecule has 0 unspecified atom stereocenters. The fourth-order valence-corrected chi connectivity index (χ4v) is 6.35. The van der Waals surface area contributed by atoms with Crippen LogP contribution < -0.4 is 15.8 Å². The number of likely N-dealkylation sites (tertiary alicyclic amines) is 1. The maximum absolute atomic E-state index is 13.2. The van der Waals surface area contributed by atoms with Crippen molar-refractivity contribution in [2.45, 2.75) is 58.4 Å². The minimum atomic E-state index is -4.90. The Morgan fingerprint density at radius 3 is 2.63 bits per heavy atom. The Morgan fingerprint density at radius 2 is 1.98 bits per heavy atom. The van der Waals surface area contributed by atoms with Gasteiger partial charge in [-0.2, -0.15) is 5.10 Å². The van der Waals surface area contributed by atoms with Crippen molar-refractivity contribution in [1.82, 2.24) is 24.6 Å². The van der Waals surface area contributed by atoms with E-state index in [1.165, 1.54) is 29.5 Å². The third-order valence-electron chi connectivity index (χ3n) is 7.16. The number of fused-ring (bicyclic) bond motifs is 1. The molecule has 3 aromatic heterocycles. The summed E-state index contributed by atoms with van der Waals surface area (Å²) in [4.78, 5) is 24.0. The number of anilines is 2. The molecule has 13 heteroatoms. The molecule has 1 saturated heterocycles. The smallest absolute Gasteiger partial charge is 0.405 e. The molecule has 4 aromatic rings. The van der Waals surface area contributed by atoms with E-state index in [1.807, 2.05) is 24.6 Å². The van der Waals surface area contributed by atoms with Crippen LogP contribution in [0.2, 0.25) is 0 Å². The van der Waals surface area contributed by atoms with Crippen molar-refractivity contribution in [3.8, 4) is 16.9 Å². The molecule has 218 valence electrons. The number of nitrogens with zero attached hydrogens (tertiary/aromatic N) is 5. The molecule has 0 radical (unpaired) electrons. The lowest BCUT2D eigenvalue weighted by atomic mass is 9.94. The predicted octanol–water partition coefficient (Wildman–Crippen LogP) is 6.01. The van der Waals surface area contributed by atoms with Crippen molar-refractivity contribution in [1.29, 1.82) is 0 Å². The standard InChI is InChI=1S/C28H32F3N7O2S/c1-4-37-11-9-17(10-12-37)19-13-24(38(36-19)16(2)3)34-27-33-15-22-26(35-27)25(21(41-22)14-23(32)39)18-7-5-6-8-20(18)40-28(29,30)31/h5-8,13,15-17H,4,9-12,14H2,1-3H3,(H2,32,39)(H,33,34,35). The highest BCUT2D eigenvalue weighted by Crippen LogP contribution is 2.43. The first kappa shape index (κ1) is 28.8. The van der Waals surface area contributed by atoms with Crippen molar-refractivity contribution < 1.29 is 22.7 Å². The molecule has 1 aromatic carbocycles. The number of halogens is 3. The molecule has 5 rings (SSSR count). The first-order chi connectivity index (χ1) is 19.5. The van der Waals surface area contributed by atoms with Crippen LogP contribution in [0.1, 0.15) is 56.1 Å². The molecule has 9 nitrogen and oxygen atoms in total. The van der Waals surface area contributed by atoms with Gasteiger partial charge in [-0.25, -0.2) is 14.6 Å². The first-order valence-corrected chi connectivity index (χ1v) is 14.3. The molecule has 3 N–H and O–H groups in total. The number of para-hydroxylation sites is 1. The van der Waals surface area contributed by atoms with Crippen LogP contribution >= 0.6 is 11.3 Å². The number of aromatic nitrogens is 4. The maximum Gasteiger partial charge on any atom is 0.573 e. The average molecular weight is 588 g/mol. The summed E-state index contributed by atoms with van der Waals surface area (Å²) < 4.78 is 46.5. The van der Waals surface area contributed by atoms with Gasteiger partial charge in [-0.3, -0.25) is 4.79 Å². The van der Waals surface area contributed by atoms with Crippen molar-refractivity contribution in [3.63, 3.8) is 0 Å². The van der Waals surface area contributed by atoms with Gasteiger partial charge in [0, 0.05) is 34.0 Å². The Hall–Kier alpha value is -3.71. The number of benzene rings is 1. The first-order valence-electron chi connectivity index (χ1n) is 13.5. The predicted molar refractivity (Wildman–Crippen MR) is 152 cm³/mol. The second kappa shape index (κ2) is 11.6. The van der Waals surface area contributed by atoms with E-state index in [0.29, 0.717) is 26.6 Å². The Balaban J connectivity index is 1.54. The number of ether oxygens (including phenoxy) is 1. The van der Waals surface area contributed by atoms with E-state index in [1.54, 1.807) is 12.3 Å². The van der Waals surface area contributed by atoms with E-state index < -0.39 is 18.0 Å². The van der Waals surface area contributed by atoms with Gasteiger partial charge in [0.25, 0.3) is 0 Å². The van der Waals surface area contributed by atoms with E-state index in [4.69, 9.17) is 15.8 Å². The van der Waals surface area contributed by atoms with Crippen molar-refractivity contribution in [2.24, 2.45) is 5.73 Å². The van der Waals surface area contributed by atoms with Crippen molar-refractivity contribution in [2.75, 3.05) is 25.0 Å². The van der Waals surface area contributed by atoms with Crippen LogP contribution in [0, 0.1) is 0 Å². The van der Waals surface area contributed by atoms with Gasteiger partial charge < -0.3 is 20.7 Å². The zero-order chi connectivity index (χ0) is 29.3. The third-order valence-corrected chi connectivity index (χ3v) is 8.27. The molecule has 1 aliphatic rings. The van der Waals surface area contributed by atoms with Gasteiger partial charge in [0.2, 0.25) is 11.9 Å². The minimum absolute atomic E-state index is 0.0657. The fourth-order valence-electron chi connectivity index (χ4n) is 5.21. The average Bonchev–Trinajstić information content (AvgIpc) is 3.49. The highest BCUT2D eigenvalue weighted by atomic mass is 32.1. The number of thiophene rings is 1. The largest absolute Gasteiger partial charge is 0.573 e. The summed E-state index contributed by atoms with van der Waals surface area (Å²) in [6.45, 7) is 9.36. The third kappa shape index (κ3) is 6.46. The number of nitrogens with two attached hydrogens (primary N) is 1. The zero-order valence-corrected chi connectivity index (χ0v) is 23.8. The number of nitrogens with one attached hydrogen (secondary N) is 1. The van der Waals surface area contributed by atoms with E-state index in [2.05, 4.69) is 26.9 Å². The molecular formula is C28H32F3N7O2S. The Labute approximate surface area is 239 Å². The minimum Gasteiger partial charge on any atom is -0.405 e. The summed E-state index contributed by atoms with van der Waals surface area (Å²) in [5.74, 6) is 0.325. The topological polar surface area (TPSA) is 111 Å². The monoisotopic (exact) mass is 587 g/mol. The van der Waals surface area contributed by atoms with Gasteiger partial charge in [-0.1, -0.05) is 25.1 Å². The maximum atomic E-state index is 13.2. The number of hydrogen-bond donors (Lipinski definition) is 2. The number of carbonyl (C=O) groups is 1. The van der Waals surface area contributed by atoms with Gasteiger partial charge in [-0.05, 0) is 52.4 Å². The molecule has 41 heavy (non-hydrogen) atoms. The SMILES string of the molecule is CCN1CCC(c2cc(Nc3ncc4sc(CC(N)=O)c(-c5ccccc5OC(F)(F)F)c4n3)n(C(C)C)n2)CC1. The molecule has 0 saturated carbocycles.